The second-order valence-electron chi connectivity index (χ2n) is 3.58. The van der Waals surface area contributed by atoms with Crippen molar-refractivity contribution in [3.8, 4) is 5.69 Å². The van der Waals surface area contributed by atoms with Gasteiger partial charge in [-0.3, -0.25) is 4.79 Å². The van der Waals surface area contributed by atoms with Crippen molar-refractivity contribution < 1.29 is 4.79 Å². The van der Waals surface area contributed by atoms with Crippen LogP contribution in [0.2, 0.25) is 0 Å². The molecule has 0 aliphatic rings. The number of aromatic nitrogens is 4. The van der Waals surface area contributed by atoms with Gasteiger partial charge in [-0.1, -0.05) is 6.07 Å². The lowest BCUT2D eigenvalue weighted by molar-refractivity contribution is -0.117. The number of carbonyl (C=O) groups excluding carboxylic acids is 1. The quantitative estimate of drug-likeness (QED) is 0.772. The minimum atomic E-state index is -0.549. The molecule has 2 aromatic rings. The van der Waals surface area contributed by atoms with Crippen LogP contribution in [-0.4, -0.2) is 32.2 Å². The molecule has 0 radical (unpaired) electrons. The van der Waals surface area contributed by atoms with Crippen LogP contribution < -0.4 is 11.1 Å². The second kappa shape index (κ2) is 4.71. The maximum Gasteiger partial charge on any atom is 0.240 e. The summed E-state index contributed by atoms with van der Waals surface area (Å²) < 4.78 is 1.50. The topological polar surface area (TPSA) is 98.7 Å². The average Bonchev–Trinajstić information content (AvgIpc) is 2.82. The number of nitrogens with one attached hydrogen (secondary N) is 1. The van der Waals surface area contributed by atoms with E-state index < -0.39 is 6.04 Å². The zero-order chi connectivity index (χ0) is 12.3. The monoisotopic (exact) mass is 232 g/mol. The van der Waals surface area contributed by atoms with E-state index in [9.17, 15) is 4.79 Å². The van der Waals surface area contributed by atoms with Gasteiger partial charge in [0.05, 0.1) is 11.7 Å². The van der Waals surface area contributed by atoms with E-state index in [-0.39, 0.29) is 5.91 Å². The SMILES string of the molecule is C[C@H](N)C(=O)Nc1cccc(-n2cnnn2)c1. The van der Waals surface area contributed by atoms with Gasteiger partial charge in [-0.05, 0) is 35.5 Å². The molecule has 0 saturated carbocycles. The first kappa shape index (κ1) is 11.2. The molecule has 1 atom stereocenters. The summed E-state index contributed by atoms with van der Waals surface area (Å²) in [5.41, 5.74) is 6.88. The number of anilines is 1. The van der Waals surface area contributed by atoms with E-state index in [4.69, 9.17) is 5.73 Å². The molecule has 0 aliphatic heterocycles. The summed E-state index contributed by atoms with van der Waals surface area (Å²) in [6.07, 6.45) is 1.48. The van der Waals surface area contributed by atoms with E-state index in [1.54, 1.807) is 25.1 Å². The van der Waals surface area contributed by atoms with E-state index in [1.807, 2.05) is 6.07 Å². The summed E-state index contributed by atoms with van der Waals surface area (Å²) in [6, 6.07) is 6.61. The number of tetrazole rings is 1. The van der Waals surface area contributed by atoms with E-state index in [0.717, 1.165) is 5.69 Å². The third kappa shape index (κ3) is 2.64. The van der Waals surface area contributed by atoms with Gasteiger partial charge in [-0.15, -0.1) is 5.10 Å². The summed E-state index contributed by atoms with van der Waals surface area (Å²) in [5.74, 6) is -0.237. The number of hydrogen-bond acceptors (Lipinski definition) is 5. The number of rotatable bonds is 3. The highest BCUT2D eigenvalue weighted by Crippen LogP contribution is 2.13. The van der Waals surface area contributed by atoms with E-state index in [1.165, 1.54) is 11.0 Å². The zero-order valence-corrected chi connectivity index (χ0v) is 9.24. The number of nitrogens with zero attached hydrogens (tertiary/aromatic N) is 4. The highest BCUT2D eigenvalue weighted by atomic mass is 16.2. The van der Waals surface area contributed by atoms with Crippen LogP contribution in [0.1, 0.15) is 6.92 Å². The third-order valence-electron chi connectivity index (χ3n) is 2.14. The molecule has 0 saturated heterocycles. The van der Waals surface area contributed by atoms with Gasteiger partial charge >= 0.3 is 0 Å². The zero-order valence-electron chi connectivity index (χ0n) is 9.24. The Labute approximate surface area is 97.6 Å². The van der Waals surface area contributed by atoms with Crippen LogP contribution in [0.5, 0.6) is 0 Å². The first-order valence-electron chi connectivity index (χ1n) is 5.06. The van der Waals surface area contributed by atoms with Gasteiger partial charge in [0.15, 0.2) is 0 Å². The molecule has 3 N–H and O–H groups in total. The van der Waals surface area contributed by atoms with Crippen LogP contribution in [-0.2, 0) is 4.79 Å². The standard InChI is InChI=1S/C10H12N6O/c1-7(11)10(17)13-8-3-2-4-9(5-8)16-6-12-14-15-16/h2-7H,11H2,1H3,(H,13,17)/t7-/m0/s1. The van der Waals surface area contributed by atoms with Crippen molar-refractivity contribution in [2.24, 2.45) is 5.73 Å². The second-order valence-corrected chi connectivity index (χ2v) is 3.58. The van der Waals surface area contributed by atoms with Crippen molar-refractivity contribution in [1.82, 2.24) is 20.2 Å². The summed E-state index contributed by atoms with van der Waals surface area (Å²) in [7, 11) is 0. The molecule has 0 unspecified atom stereocenters. The maximum absolute atomic E-state index is 11.4. The first-order valence-corrected chi connectivity index (χ1v) is 5.06. The molecule has 1 aromatic carbocycles. The highest BCUT2D eigenvalue weighted by Gasteiger charge is 2.08. The van der Waals surface area contributed by atoms with Crippen molar-refractivity contribution in [3.05, 3.63) is 30.6 Å². The number of benzene rings is 1. The Balaban J connectivity index is 2.20. The lowest BCUT2D eigenvalue weighted by Crippen LogP contribution is -2.32. The number of carbonyl (C=O) groups is 1. The van der Waals surface area contributed by atoms with Gasteiger partial charge in [0, 0.05) is 5.69 Å². The predicted octanol–water partition coefficient (Wildman–Crippen LogP) is -0.0520. The Kier molecular flexibility index (Phi) is 3.10. The molecule has 2 rings (SSSR count). The largest absolute Gasteiger partial charge is 0.325 e. The van der Waals surface area contributed by atoms with Crippen molar-refractivity contribution in [3.63, 3.8) is 0 Å². The highest BCUT2D eigenvalue weighted by molar-refractivity contribution is 5.94. The molecular weight excluding hydrogens is 220 g/mol. The Morgan fingerprint density at radius 3 is 3.00 bits per heavy atom. The first-order chi connectivity index (χ1) is 8.16. The van der Waals surface area contributed by atoms with E-state index in [2.05, 4.69) is 20.8 Å². The van der Waals surface area contributed by atoms with E-state index >= 15 is 0 Å². The molecular formula is C10H12N6O. The molecule has 88 valence electrons. The van der Waals surface area contributed by atoms with Crippen LogP contribution >= 0.6 is 0 Å². The molecule has 17 heavy (non-hydrogen) atoms. The molecule has 7 heteroatoms. The lowest BCUT2D eigenvalue weighted by Gasteiger charge is -2.08. The van der Waals surface area contributed by atoms with Crippen LogP contribution in [0.4, 0.5) is 5.69 Å². The maximum atomic E-state index is 11.4. The molecule has 0 bridgehead atoms. The summed E-state index contributed by atoms with van der Waals surface area (Å²) in [6.45, 7) is 1.63. The molecule has 0 aliphatic carbocycles. The molecule has 1 heterocycles. The number of hydrogen-bond donors (Lipinski definition) is 2. The smallest absolute Gasteiger partial charge is 0.240 e. The van der Waals surface area contributed by atoms with Crippen LogP contribution in [0.15, 0.2) is 30.6 Å². The number of amides is 1. The third-order valence-corrected chi connectivity index (χ3v) is 2.14. The van der Waals surface area contributed by atoms with Crippen molar-refractivity contribution in [1.29, 1.82) is 0 Å². The van der Waals surface area contributed by atoms with Gasteiger partial charge in [-0.2, -0.15) is 0 Å². The molecule has 0 spiro atoms. The summed E-state index contributed by atoms with van der Waals surface area (Å²) in [4.78, 5) is 11.4. The van der Waals surface area contributed by atoms with Crippen LogP contribution in [0.25, 0.3) is 5.69 Å². The van der Waals surface area contributed by atoms with Crippen molar-refractivity contribution in [2.45, 2.75) is 13.0 Å². The Bertz CT molecular complexity index is 507. The lowest BCUT2D eigenvalue weighted by atomic mass is 10.2. The van der Waals surface area contributed by atoms with Gasteiger partial charge in [0.25, 0.3) is 0 Å². The Morgan fingerprint density at radius 2 is 2.35 bits per heavy atom. The van der Waals surface area contributed by atoms with E-state index in [0.29, 0.717) is 5.69 Å². The number of nitrogens with two attached hydrogens (primary N) is 1. The minimum Gasteiger partial charge on any atom is -0.325 e. The van der Waals surface area contributed by atoms with Gasteiger partial charge in [-0.25, -0.2) is 4.68 Å². The molecule has 0 fully saturated rings. The summed E-state index contributed by atoms with van der Waals surface area (Å²) >= 11 is 0. The fourth-order valence-electron chi connectivity index (χ4n) is 1.26. The fraction of sp³-hybridized carbons (Fsp3) is 0.200. The Hall–Kier alpha value is -2.28. The van der Waals surface area contributed by atoms with Crippen molar-refractivity contribution >= 4 is 11.6 Å². The predicted molar refractivity (Wildman–Crippen MR) is 61.4 cm³/mol. The van der Waals surface area contributed by atoms with Gasteiger partial charge in [0.1, 0.15) is 6.33 Å². The van der Waals surface area contributed by atoms with Crippen LogP contribution in [0, 0.1) is 0 Å². The Morgan fingerprint density at radius 1 is 1.53 bits per heavy atom. The van der Waals surface area contributed by atoms with Gasteiger partial charge < -0.3 is 11.1 Å². The molecule has 7 nitrogen and oxygen atoms in total. The fourth-order valence-corrected chi connectivity index (χ4v) is 1.26. The average molecular weight is 232 g/mol. The van der Waals surface area contributed by atoms with Crippen molar-refractivity contribution in [2.75, 3.05) is 5.32 Å². The molecule has 1 amide bonds. The van der Waals surface area contributed by atoms with Gasteiger partial charge in [0.2, 0.25) is 5.91 Å². The van der Waals surface area contributed by atoms with Crippen LogP contribution in [0.3, 0.4) is 0 Å². The molecule has 1 aromatic heterocycles. The summed E-state index contributed by atoms with van der Waals surface area (Å²) in [5, 5.41) is 13.5. The normalized spacial score (nSPS) is 12.1. The minimum absolute atomic E-state index is 0.237.